The van der Waals surface area contributed by atoms with E-state index in [-0.39, 0.29) is 11.9 Å². The molecule has 1 amide bonds. The highest BCUT2D eigenvalue weighted by Gasteiger charge is 2.16. The van der Waals surface area contributed by atoms with Gasteiger partial charge in [-0.05, 0) is 63.1 Å². The number of rotatable bonds is 8. The molecular formula is C22H27NO4. The number of hydrogen-bond donors (Lipinski definition) is 1. The molecule has 1 atom stereocenters. The minimum absolute atomic E-state index is 0.256. The summed E-state index contributed by atoms with van der Waals surface area (Å²) >= 11 is 0. The van der Waals surface area contributed by atoms with Crippen molar-refractivity contribution >= 4 is 17.6 Å². The first-order valence-electron chi connectivity index (χ1n) is 9.22. The van der Waals surface area contributed by atoms with E-state index in [2.05, 4.69) is 5.32 Å². The van der Waals surface area contributed by atoms with Crippen LogP contribution in [0.5, 0.6) is 5.75 Å². The number of benzene rings is 2. The lowest BCUT2D eigenvalue weighted by Gasteiger charge is -2.16. The average molecular weight is 369 g/mol. The third-order valence-corrected chi connectivity index (χ3v) is 4.12. The Morgan fingerprint density at radius 2 is 1.78 bits per heavy atom. The molecule has 0 aliphatic carbocycles. The molecule has 0 bridgehead atoms. The van der Waals surface area contributed by atoms with Crippen LogP contribution in [0.1, 0.15) is 48.2 Å². The zero-order valence-electron chi connectivity index (χ0n) is 16.4. The Bertz CT molecular complexity index is 783. The molecule has 0 saturated heterocycles. The van der Waals surface area contributed by atoms with E-state index in [0.29, 0.717) is 23.6 Å². The van der Waals surface area contributed by atoms with Crippen LogP contribution in [0, 0.1) is 13.8 Å². The second kappa shape index (κ2) is 9.76. The van der Waals surface area contributed by atoms with Crippen LogP contribution in [-0.4, -0.2) is 24.6 Å². The Morgan fingerprint density at radius 1 is 1.07 bits per heavy atom. The maximum atomic E-state index is 12.4. The molecule has 0 spiro atoms. The van der Waals surface area contributed by atoms with E-state index in [1.807, 2.05) is 39.0 Å². The van der Waals surface area contributed by atoms with E-state index < -0.39 is 6.10 Å². The quantitative estimate of drug-likeness (QED) is 0.543. The third kappa shape index (κ3) is 6.13. The van der Waals surface area contributed by atoms with Gasteiger partial charge in [-0.3, -0.25) is 4.79 Å². The van der Waals surface area contributed by atoms with Crippen molar-refractivity contribution in [3.05, 3.63) is 59.2 Å². The van der Waals surface area contributed by atoms with Crippen molar-refractivity contribution in [1.29, 1.82) is 0 Å². The molecular weight excluding hydrogens is 342 g/mol. The molecule has 2 aromatic rings. The highest BCUT2D eigenvalue weighted by molar-refractivity contribution is 5.95. The molecule has 5 nitrogen and oxygen atoms in total. The van der Waals surface area contributed by atoms with Gasteiger partial charge in [-0.15, -0.1) is 0 Å². The molecule has 5 heteroatoms. The van der Waals surface area contributed by atoms with E-state index in [9.17, 15) is 9.59 Å². The third-order valence-electron chi connectivity index (χ3n) is 4.12. The number of carbonyl (C=O) groups is 2. The summed E-state index contributed by atoms with van der Waals surface area (Å²) in [6.45, 7) is 8.12. The molecule has 0 heterocycles. The van der Waals surface area contributed by atoms with Gasteiger partial charge in [0.2, 0.25) is 0 Å². The van der Waals surface area contributed by atoms with Crippen molar-refractivity contribution in [2.24, 2.45) is 0 Å². The Hall–Kier alpha value is -2.82. The molecule has 0 radical (unpaired) electrons. The number of amides is 1. The molecule has 27 heavy (non-hydrogen) atoms. The molecule has 0 fully saturated rings. The van der Waals surface area contributed by atoms with E-state index in [4.69, 9.17) is 9.47 Å². The van der Waals surface area contributed by atoms with Crippen LogP contribution in [0.15, 0.2) is 42.5 Å². The van der Waals surface area contributed by atoms with Gasteiger partial charge in [0.05, 0.1) is 12.2 Å². The first kappa shape index (κ1) is 20.5. The molecule has 0 saturated carbocycles. The topological polar surface area (TPSA) is 64.6 Å². The lowest BCUT2D eigenvalue weighted by Crippen LogP contribution is -2.30. The second-order valence-electron chi connectivity index (χ2n) is 6.59. The van der Waals surface area contributed by atoms with E-state index in [1.165, 1.54) is 0 Å². The summed E-state index contributed by atoms with van der Waals surface area (Å²) in [6.07, 6.45) is 1.17. The number of hydrogen-bond acceptors (Lipinski definition) is 4. The second-order valence-corrected chi connectivity index (χ2v) is 6.59. The van der Waals surface area contributed by atoms with Crippen LogP contribution < -0.4 is 10.1 Å². The molecule has 1 N–H and O–H groups in total. The Morgan fingerprint density at radius 3 is 2.41 bits per heavy atom. The zero-order chi connectivity index (χ0) is 19.8. The SMILES string of the molecule is CCCCOC(=O)c1ccc(NC(=O)C(C)Oc2ccc(C)cc2C)cc1. The summed E-state index contributed by atoms with van der Waals surface area (Å²) < 4.78 is 10.9. The van der Waals surface area contributed by atoms with Gasteiger partial charge >= 0.3 is 5.97 Å². The first-order chi connectivity index (χ1) is 12.9. The van der Waals surface area contributed by atoms with Gasteiger partial charge in [0.25, 0.3) is 5.91 Å². The molecule has 2 aromatic carbocycles. The molecule has 0 aliphatic heterocycles. The molecule has 0 aromatic heterocycles. The normalized spacial score (nSPS) is 11.6. The van der Waals surface area contributed by atoms with Crippen LogP contribution >= 0.6 is 0 Å². The summed E-state index contributed by atoms with van der Waals surface area (Å²) in [5, 5.41) is 2.80. The lowest BCUT2D eigenvalue weighted by molar-refractivity contribution is -0.122. The largest absolute Gasteiger partial charge is 0.481 e. The summed E-state index contributed by atoms with van der Waals surface area (Å²) in [5.74, 6) is 0.0783. The van der Waals surface area contributed by atoms with Crippen molar-refractivity contribution in [1.82, 2.24) is 0 Å². The highest BCUT2D eigenvalue weighted by Crippen LogP contribution is 2.20. The number of carbonyl (C=O) groups excluding carboxylic acids is 2. The monoisotopic (exact) mass is 369 g/mol. The van der Waals surface area contributed by atoms with Gasteiger partial charge in [0.1, 0.15) is 5.75 Å². The fraction of sp³-hybridized carbons (Fsp3) is 0.364. The number of nitrogens with one attached hydrogen (secondary N) is 1. The molecule has 2 rings (SSSR count). The number of ether oxygens (including phenoxy) is 2. The van der Waals surface area contributed by atoms with Crippen molar-refractivity contribution < 1.29 is 19.1 Å². The Labute approximate surface area is 160 Å². The molecule has 1 unspecified atom stereocenters. The van der Waals surface area contributed by atoms with Crippen LogP contribution in [0.4, 0.5) is 5.69 Å². The van der Waals surface area contributed by atoms with Crippen molar-refractivity contribution in [2.75, 3.05) is 11.9 Å². The van der Waals surface area contributed by atoms with E-state index >= 15 is 0 Å². The zero-order valence-corrected chi connectivity index (χ0v) is 16.4. The van der Waals surface area contributed by atoms with Crippen LogP contribution in [0.25, 0.3) is 0 Å². The van der Waals surface area contributed by atoms with Crippen LogP contribution in [0.3, 0.4) is 0 Å². The predicted molar refractivity (Wildman–Crippen MR) is 106 cm³/mol. The van der Waals surface area contributed by atoms with Crippen LogP contribution in [0.2, 0.25) is 0 Å². The van der Waals surface area contributed by atoms with Gasteiger partial charge in [0, 0.05) is 5.69 Å². The maximum absolute atomic E-state index is 12.4. The van der Waals surface area contributed by atoms with Crippen LogP contribution in [-0.2, 0) is 9.53 Å². The van der Waals surface area contributed by atoms with Crippen molar-refractivity contribution in [2.45, 2.75) is 46.6 Å². The van der Waals surface area contributed by atoms with Gasteiger partial charge in [-0.25, -0.2) is 4.79 Å². The fourth-order valence-electron chi connectivity index (χ4n) is 2.50. The van der Waals surface area contributed by atoms with Crippen molar-refractivity contribution in [3.63, 3.8) is 0 Å². The smallest absolute Gasteiger partial charge is 0.338 e. The standard InChI is InChI=1S/C22H27NO4/c1-5-6-13-26-22(25)18-8-10-19(11-9-18)23-21(24)17(4)27-20-12-7-15(2)14-16(20)3/h7-12,14,17H,5-6,13H2,1-4H3,(H,23,24). The van der Waals surface area contributed by atoms with Gasteiger partial charge < -0.3 is 14.8 Å². The number of aryl methyl sites for hydroxylation is 2. The van der Waals surface area contributed by atoms with Gasteiger partial charge in [-0.2, -0.15) is 0 Å². The van der Waals surface area contributed by atoms with E-state index in [0.717, 1.165) is 24.0 Å². The minimum Gasteiger partial charge on any atom is -0.481 e. The lowest BCUT2D eigenvalue weighted by atomic mass is 10.1. The average Bonchev–Trinajstić information content (AvgIpc) is 2.64. The number of anilines is 1. The molecule has 144 valence electrons. The number of esters is 1. The molecule has 0 aliphatic rings. The van der Waals surface area contributed by atoms with Crippen molar-refractivity contribution in [3.8, 4) is 5.75 Å². The summed E-state index contributed by atoms with van der Waals surface area (Å²) in [6, 6.07) is 12.5. The number of unbranched alkanes of at least 4 members (excludes halogenated alkanes) is 1. The van der Waals surface area contributed by atoms with Gasteiger partial charge in [0.15, 0.2) is 6.10 Å². The Kier molecular flexibility index (Phi) is 7.41. The predicted octanol–water partition coefficient (Wildman–Crippen LogP) is 4.67. The summed E-state index contributed by atoms with van der Waals surface area (Å²) in [5.41, 5.74) is 3.19. The minimum atomic E-state index is -0.648. The fourth-order valence-corrected chi connectivity index (χ4v) is 2.50. The van der Waals surface area contributed by atoms with Gasteiger partial charge in [-0.1, -0.05) is 31.0 Å². The summed E-state index contributed by atoms with van der Waals surface area (Å²) in [4.78, 5) is 24.3. The summed E-state index contributed by atoms with van der Waals surface area (Å²) in [7, 11) is 0. The Balaban J connectivity index is 1.91. The highest BCUT2D eigenvalue weighted by atomic mass is 16.5. The maximum Gasteiger partial charge on any atom is 0.338 e. The first-order valence-corrected chi connectivity index (χ1v) is 9.22. The van der Waals surface area contributed by atoms with E-state index in [1.54, 1.807) is 31.2 Å².